The summed E-state index contributed by atoms with van der Waals surface area (Å²) in [6.45, 7) is 1.87. The summed E-state index contributed by atoms with van der Waals surface area (Å²) in [6.07, 6.45) is 3.72. The Kier molecular flexibility index (Phi) is 3.50. The van der Waals surface area contributed by atoms with E-state index in [1.54, 1.807) is 0 Å². The number of nitrogens with one attached hydrogen (secondary N) is 1. The molecule has 0 fully saturated rings. The highest BCUT2D eigenvalue weighted by molar-refractivity contribution is 5.87. The number of aromatic carboxylic acids is 1. The molecule has 22 heavy (non-hydrogen) atoms. The second-order valence-corrected chi connectivity index (χ2v) is 5.17. The Bertz CT molecular complexity index is 809. The topological polar surface area (TPSA) is 84.2 Å². The van der Waals surface area contributed by atoms with Gasteiger partial charge in [-0.2, -0.15) is 0 Å². The van der Waals surface area contributed by atoms with Crippen molar-refractivity contribution in [1.29, 1.82) is 0 Å². The lowest BCUT2D eigenvalue weighted by Gasteiger charge is -2.25. The maximum atomic E-state index is 12.4. The molecule has 0 saturated carbocycles. The van der Waals surface area contributed by atoms with Crippen molar-refractivity contribution in [2.75, 3.05) is 5.32 Å². The number of benzene rings is 1. The number of para-hydroxylation sites is 1. The predicted molar refractivity (Wildman–Crippen MR) is 82.8 cm³/mol. The summed E-state index contributed by atoms with van der Waals surface area (Å²) in [5.41, 5.74) is 0.756. The molecule has 6 nitrogen and oxygen atoms in total. The van der Waals surface area contributed by atoms with Gasteiger partial charge in [-0.05, 0) is 25.5 Å². The van der Waals surface area contributed by atoms with E-state index in [2.05, 4.69) is 10.3 Å². The van der Waals surface area contributed by atoms with Crippen LogP contribution in [0.5, 0.6) is 0 Å². The summed E-state index contributed by atoms with van der Waals surface area (Å²) >= 11 is 0. The van der Waals surface area contributed by atoms with Crippen molar-refractivity contribution >= 4 is 17.4 Å². The van der Waals surface area contributed by atoms with E-state index in [1.807, 2.05) is 43.3 Å². The fraction of sp³-hybridized carbons (Fsp3) is 0.188. The number of aromatic nitrogens is 2. The number of anilines is 1. The molecule has 1 atom stereocenters. The number of hydrogen-bond donors (Lipinski definition) is 2. The fourth-order valence-electron chi connectivity index (χ4n) is 2.49. The van der Waals surface area contributed by atoms with Gasteiger partial charge in [-0.25, -0.2) is 9.78 Å². The van der Waals surface area contributed by atoms with Crippen molar-refractivity contribution < 1.29 is 9.90 Å². The van der Waals surface area contributed by atoms with Crippen LogP contribution in [0.15, 0.2) is 47.4 Å². The average molecular weight is 297 g/mol. The Morgan fingerprint density at radius 3 is 2.77 bits per heavy atom. The fourth-order valence-corrected chi connectivity index (χ4v) is 2.49. The van der Waals surface area contributed by atoms with Crippen LogP contribution in [-0.4, -0.2) is 20.6 Å². The molecule has 2 heterocycles. The van der Waals surface area contributed by atoms with E-state index in [-0.39, 0.29) is 11.6 Å². The standard InChI is InChI=1S/C16H15N3O3/c1-10-7-8-13(18-11-5-3-2-4-6-11)14-17-9-12(16(21)22)15(20)19(10)14/h2-6,8-10,18H,7H2,1H3,(H,21,22)/t10-/m0/s1. The van der Waals surface area contributed by atoms with Crippen LogP contribution in [0.25, 0.3) is 5.70 Å². The minimum Gasteiger partial charge on any atom is -0.477 e. The third kappa shape index (κ3) is 2.39. The lowest BCUT2D eigenvalue weighted by molar-refractivity contribution is 0.0693. The van der Waals surface area contributed by atoms with Crippen molar-refractivity contribution in [3.05, 3.63) is 64.3 Å². The molecule has 1 aromatic carbocycles. The van der Waals surface area contributed by atoms with E-state index < -0.39 is 11.5 Å². The molecule has 2 N–H and O–H groups in total. The van der Waals surface area contributed by atoms with Crippen LogP contribution in [0.2, 0.25) is 0 Å². The number of fused-ring (bicyclic) bond motifs is 1. The first kappa shape index (κ1) is 14.1. The molecule has 2 aromatic rings. The molecule has 0 spiro atoms. The zero-order valence-corrected chi connectivity index (χ0v) is 12.0. The number of allylic oxidation sites excluding steroid dienone is 1. The van der Waals surface area contributed by atoms with Crippen molar-refractivity contribution in [2.24, 2.45) is 0 Å². The first-order valence-corrected chi connectivity index (χ1v) is 6.95. The summed E-state index contributed by atoms with van der Waals surface area (Å²) in [6, 6.07) is 9.42. The summed E-state index contributed by atoms with van der Waals surface area (Å²) < 4.78 is 1.44. The smallest absolute Gasteiger partial charge is 0.342 e. The highest BCUT2D eigenvalue weighted by atomic mass is 16.4. The lowest BCUT2D eigenvalue weighted by Crippen LogP contribution is -2.34. The number of hydrogen-bond acceptors (Lipinski definition) is 4. The highest BCUT2D eigenvalue weighted by Crippen LogP contribution is 2.26. The van der Waals surface area contributed by atoms with Crippen LogP contribution in [0.1, 0.15) is 35.6 Å². The number of carbonyl (C=O) groups is 1. The van der Waals surface area contributed by atoms with E-state index in [1.165, 1.54) is 4.57 Å². The minimum absolute atomic E-state index is 0.129. The van der Waals surface area contributed by atoms with Crippen molar-refractivity contribution in [3.63, 3.8) is 0 Å². The van der Waals surface area contributed by atoms with Gasteiger partial charge in [-0.1, -0.05) is 24.3 Å². The van der Waals surface area contributed by atoms with Gasteiger partial charge >= 0.3 is 5.97 Å². The van der Waals surface area contributed by atoms with E-state index >= 15 is 0 Å². The number of carboxylic acid groups (broad SMARTS) is 1. The normalized spacial score (nSPS) is 16.6. The van der Waals surface area contributed by atoms with Crippen LogP contribution < -0.4 is 10.9 Å². The molecule has 0 amide bonds. The molecule has 6 heteroatoms. The second kappa shape index (κ2) is 5.48. The van der Waals surface area contributed by atoms with Crippen LogP contribution in [0.4, 0.5) is 5.69 Å². The monoisotopic (exact) mass is 297 g/mol. The van der Waals surface area contributed by atoms with Gasteiger partial charge in [-0.3, -0.25) is 9.36 Å². The quantitative estimate of drug-likeness (QED) is 0.908. The van der Waals surface area contributed by atoms with Gasteiger partial charge in [-0.15, -0.1) is 0 Å². The third-order valence-corrected chi connectivity index (χ3v) is 3.62. The zero-order valence-electron chi connectivity index (χ0n) is 12.0. The summed E-state index contributed by atoms with van der Waals surface area (Å²) in [5.74, 6) is -0.801. The average Bonchev–Trinajstić information content (AvgIpc) is 2.51. The van der Waals surface area contributed by atoms with Crippen LogP contribution >= 0.6 is 0 Å². The van der Waals surface area contributed by atoms with Crippen LogP contribution in [0, 0.1) is 0 Å². The molecule has 1 aliphatic heterocycles. The molecule has 1 aromatic heterocycles. The molecule has 0 aliphatic carbocycles. The lowest BCUT2D eigenvalue weighted by atomic mass is 10.1. The van der Waals surface area contributed by atoms with Gasteiger partial charge in [0.25, 0.3) is 5.56 Å². The van der Waals surface area contributed by atoms with Gasteiger partial charge in [0.1, 0.15) is 5.56 Å². The first-order valence-electron chi connectivity index (χ1n) is 6.95. The Balaban J connectivity index is 2.07. The molecule has 0 saturated heterocycles. The maximum Gasteiger partial charge on any atom is 0.342 e. The van der Waals surface area contributed by atoms with E-state index in [4.69, 9.17) is 5.11 Å². The summed E-state index contributed by atoms with van der Waals surface area (Å²) in [7, 11) is 0. The van der Waals surface area contributed by atoms with Gasteiger partial charge in [0.15, 0.2) is 5.82 Å². The Morgan fingerprint density at radius 2 is 2.09 bits per heavy atom. The zero-order chi connectivity index (χ0) is 15.7. The van der Waals surface area contributed by atoms with Crippen LogP contribution in [-0.2, 0) is 0 Å². The highest BCUT2D eigenvalue weighted by Gasteiger charge is 2.24. The molecule has 1 aliphatic rings. The molecular weight excluding hydrogens is 282 g/mol. The predicted octanol–water partition coefficient (Wildman–Crippen LogP) is 2.36. The third-order valence-electron chi connectivity index (χ3n) is 3.62. The molecule has 3 rings (SSSR count). The Hall–Kier alpha value is -2.89. The Labute approximate surface area is 126 Å². The van der Waals surface area contributed by atoms with Gasteiger partial charge in [0.05, 0.1) is 5.70 Å². The molecule has 112 valence electrons. The number of rotatable bonds is 3. The number of carboxylic acids is 1. The van der Waals surface area contributed by atoms with Gasteiger partial charge < -0.3 is 10.4 Å². The van der Waals surface area contributed by atoms with Crippen molar-refractivity contribution in [2.45, 2.75) is 19.4 Å². The van der Waals surface area contributed by atoms with Crippen molar-refractivity contribution in [3.8, 4) is 0 Å². The van der Waals surface area contributed by atoms with E-state index in [0.29, 0.717) is 17.9 Å². The molecule has 0 unspecified atom stereocenters. The SMILES string of the molecule is C[C@H]1CC=C(Nc2ccccc2)c2ncc(C(=O)O)c(=O)n21. The van der Waals surface area contributed by atoms with Crippen LogP contribution in [0.3, 0.4) is 0 Å². The first-order chi connectivity index (χ1) is 10.6. The number of nitrogens with zero attached hydrogens (tertiary/aromatic N) is 2. The Morgan fingerprint density at radius 1 is 1.36 bits per heavy atom. The van der Waals surface area contributed by atoms with Crippen molar-refractivity contribution in [1.82, 2.24) is 9.55 Å². The second-order valence-electron chi connectivity index (χ2n) is 5.17. The van der Waals surface area contributed by atoms with Gasteiger partial charge in [0, 0.05) is 17.9 Å². The maximum absolute atomic E-state index is 12.4. The molecule has 0 bridgehead atoms. The van der Waals surface area contributed by atoms with E-state index in [9.17, 15) is 9.59 Å². The van der Waals surface area contributed by atoms with E-state index in [0.717, 1.165) is 11.9 Å². The minimum atomic E-state index is -1.26. The molecule has 0 radical (unpaired) electrons. The summed E-state index contributed by atoms with van der Waals surface area (Å²) in [5, 5.41) is 12.3. The summed E-state index contributed by atoms with van der Waals surface area (Å²) in [4.78, 5) is 27.6. The van der Waals surface area contributed by atoms with Gasteiger partial charge in [0.2, 0.25) is 0 Å². The molecular formula is C16H15N3O3. The largest absolute Gasteiger partial charge is 0.477 e.